The van der Waals surface area contributed by atoms with E-state index in [2.05, 4.69) is 25.6 Å². The van der Waals surface area contributed by atoms with Gasteiger partial charge in [0.05, 0.1) is 23.2 Å². The predicted octanol–water partition coefficient (Wildman–Crippen LogP) is 4.18. The van der Waals surface area contributed by atoms with Gasteiger partial charge < -0.3 is 19.3 Å². The number of H-pyrrole nitrogens is 1. The van der Waals surface area contributed by atoms with Crippen molar-refractivity contribution in [1.29, 1.82) is 0 Å². The molecule has 1 aromatic carbocycles. The van der Waals surface area contributed by atoms with Gasteiger partial charge in [-0.25, -0.2) is 4.98 Å². The van der Waals surface area contributed by atoms with Crippen LogP contribution in [0.25, 0.3) is 22.2 Å². The van der Waals surface area contributed by atoms with Gasteiger partial charge in [-0.3, -0.25) is 0 Å². The molecule has 0 bridgehead atoms. The molecule has 7 heteroatoms. The maximum absolute atomic E-state index is 5.31. The molecule has 0 spiro atoms. The van der Waals surface area contributed by atoms with Crippen molar-refractivity contribution in [2.75, 3.05) is 5.32 Å². The summed E-state index contributed by atoms with van der Waals surface area (Å²) in [6.45, 7) is 7.62. The number of imidazole rings is 1. The maximum atomic E-state index is 5.31. The van der Waals surface area contributed by atoms with Gasteiger partial charge in [-0.15, -0.1) is 0 Å². The van der Waals surface area contributed by atoms with Crippen LogP contribution in [0.5, 0.6) is 0 Å². The summed E-state index contributed by atoms with van der Waals surface area (Å²) in [7, 11) is 0. The zero-order chi connectivity index (χ0) is 16.8. The third-order valence-electron chi connectivity index (χ3n) is 4.14. The number of fused-ring (bicyclic) bond motifs is 1. The fourth-order valence-electron chi connectivity index (χ4n) is 2.98. The summed E-state index contributed by atoms with van der Waals surface area (Å²) < 4.78 is 10.5. The van der Waals surface area contributed by atoms with Gasteiger partial charge in [0.2, 0.25) is 0 Å². The van der Waals surface area contributed by atoms with Gasteiger partial charge in [-0.05, 0) is 45.4 Å². The molecule has 0 fully saturated rings. The van der Waals surface area contributed by atoms with Crippen LogP contribution >= 0.6 is 0 Å². The fraction of sp³-hybridized carbons (Fsp3) is 0.235. The third-order valence-corrected chi connectivity index (χ3v) is 4.14. The zero-order valence-electron chi connectivity index (χ0n) is 13.9. The molecule has 122 valence electrons. The smallest absolute Gasteiger partial charge is 0.157 e. The molecular formula is C17H17N5O2. The van der Waals surface area contributed by atoms with E-state index in [9.17, 15) is 0 Å². The summed E-state index contributed by atoms with van der Waals surface area (Å²) in [5.41, 5.74) is 7.18. The van der Waals surface area contributed by atoms with E-state index < -0.39 is 0 Å². The van der Waals surface area contributed by atoms with Gasteiger partial charge in [-0.2, -0.15) is 0 Å². The van der Waals surface area contributed by atoms with E-state index >= 15 is 0 Å². The quantitative estimate of drug-likeness (QED) is 0.587. The molecule has 0 aliphatic rings. The minimum atomic E-state index is 0.735. The maximum Gasteiger partial charge on any atom is 0.157 e. The molecule has 3 heterocycles. The highest BCUT2D eigenvalue weighted by Gasteiger charge is 2.17. The summed E-state index contributed by atoms with van der Waals surface area (Å²) in [6.07, 6.45) is 1.68. The molecular weight excluding hydrogens is 306 g/mol. The van der Waals surface area contributed by atoms with Crippen LogP contribution in [0.2, 0.25) is 0 Å². The van der Waals surface area contributed by atoms with Crippen LogP contribution in [-0.2, 0) is 0 Å². The Kier molecular flexibility index (Phi) is 3.16. The minimum Gasteiger partial charge on any atom is -0.361 e. The first-order valence-corrected chi connectivity index (χ1v) is 7.65. The molecule has 0 aliphatic heterocycles. The molecule has 0 aliphatic carbocycles. The summed E-state index contributed by atoms with van der Waals surface area (Å²) in [5.74, 6) is 1.52. The van der Waals surface area contributed by atoms with Crippen molar-refractivity contribution in [2.24, 2.45) is 0 Å². The molecule has 3 aromatic heterocycles. The van der Waals surface area contributed by atoms with Crippen LogP contribution < -0.4 is 5.32 Å². The number of hydrogen-bond donors (Lipinski definition) is 2. The zero-order valence-corrected chi connectivity index (χ0v) is 13.9. The van der Waals surface area contributed by atoms with E-state index in [-0.39, 0.29) is 0 Å². The first-order chi connectivity index (χ1) is 11.5. The van der Waals surface area contributed by atoms with Crippen molar-refractivity contribution >= 4 is 22.4 Å². The lowest BCUT2D eigenvalue weighted by Gasteiger charge is -2.09. The van der Waals surface area contributed by atoms with Crippen LogP contribution in [0, 0.1) is 27.7 Å². The molecule has 4 rings (SSSR count). The van der Waals surface area contributed by atoms with E-state index in [1.165, 1.54) is 0 Å². The van der Waals surface area contributed by atoms with Crippen molar-refractivity contribution in [2.45, 2.75) is 27.7 Å². The summed E-state index contributed by atoms with van der Waals surface area (Å²) >= 11 is 0. The molecule has 0 saturated carbocycles. The Morgan fingerprint density at radius 1 is 0.958 bits per heavy atom. The van der Waals surface area contributed by atoms with Gasteiger partial charge in [0.15, 0.2) is 5.76 Å². The molecule has 24 heavy (non-hydrogen) atoms. The first-order valence-electron chi connectivity index (χ1n) is 7.65. The van der Waals surface area contributed by atoms with E-state index in [1.54, 1.807) is 6.33 Å². The Hall–Kier alpha value is -3.09. The Morgan fingerprint density at radius 2 is 1.71 bits per heavy atom. The van der Waals surface area contributed by atoms with E-state index in [0.717, 1.165) is 56.4 Å². The lowest BCUT2D eigenvalue weighted by atomic mass is 10.0. The third kappa shape index (κ3) is 2.17. The normalized spacial score (nSPS) is 11.3. The first kappa shape index (κ1) is 14.5. The highest BCUT2D eigenvalue weighted by molar-refractivity contribution is 5.95. The molecule has 0 radical (unpaired) electrons. The van der Waals surface area contributed by atoms with Crippen molar-refractivity contribution in [3.05, 3.63) is 41.4 Å². The Morgan fingerprint density at radius 3 is 2.38 bits per heavy atom. The number of nitrogens with zero attached hydrogens (tertiary/aromatic N) is 3. The van der Waals surface area contributed by atoms with Gasteiger partial charge in [-0.1, -0.05) is 10.3 Å². The fourth-order valence-corrected chi connectivity index (χ4v) is 2.98. The number of anilines is 2. The van der Waals surface area contributed by atoms with Crippen molar-refractivity contribution in [1.82, 2.24) is 20.3 Å². The molecule has 0 amide bonds. The second-order valence-corrected chi connectivity index (χ2v) is 5.85. The molecule has 0 unspecified atom stereocenters. The number of nitrogens with one attached hydrogen (secondary N) is 2. The summed E-state index contributed by atoms with van der Waals surface area (Å²) in [5, 5.41) is 11.4. The van der Waals surface area contributed by atoms with Crippen LogP contribution in [0.15, 0.2) is 27.5 Å². The molecule has 4 aromatic rings. The van der Waals surface area contributed by atoms with Gasteiger partial charge in [0, 0.05) is 5.56 Å². The van der Waals surface area contributed by atoms with Crippen LogP contribution in [0.3, 0.4) is 0 Å². The summed E-state index contributed by atoms with van der Waals surface area (Å²) in [6, 6.07) is 4.09. The van der Waals surface area contributed by atoms with Crippen LogP contribution in [0.4, 0.5) is 11.4 Å². The van der Waals surface area contributed by atoms with E-state index in [0.29, 0.717) is 0 Å². The SMILES string of the molecule is Cc1noc(C)c1Nc1cc(-c2c(C)noc2C)cc2[nH]cnc12. The highest BCUT2D eigenvalue weighted by atomic mass is 16.5. The van der Waals surface area contributed by atoms with Crippen molar-refractivity contribution < 1.29 is 9.05 Å². The van der Waals surface area contributed by atoms with E-state index in [1.807, 2.05) is 39.8 Å². The Labute approximate surface area is 138 Å². The average Bonchev–Trinajstić information content (AvgIpc) is 3.23. The number of hydrogen-bond acceptors (Lipinski definition) is 6. The molecule has 0 saturated heterocycles. The number of aromatic amines is 1. The largest absolute Gasteiger partial charge is 0.361 e. The second-order valence-electron chi connectivity index (χ2n) is 5.85. The average molecular weight is 323 g/mol. The number of rotatable bonds is 3. The van der Waals surface area contributed by atoms with Crippen LogP contribution in [-0.4, -0.2) is 20.3 Å². The lowest BCUT2D eigenvalue weighted by Crippen LogP contribution is -1.95. The number of benzene rings is 1. The lowest BCUT2D eigenvalue weighted by molar-refractivity contribution is 0.393. The molecule has 7 nitrogen and oxygen atoms in total. The van der Waals surface area contributed by atoms with E-state index in [4.69, 9.17) is 9.05 Å². The number of aryl methyl sites for hydroxylation is 4. The minimum absolute atomic E-state index is 0.735. The predicted molar refractivity (Wildman–Crippen MR) is 90.3 cm³/mol. The monoisotopic (exact) mass is 323 g/mol. The van der Waals surface area contributed by atoms with Crippen molar-refractivity contribution in [3.8, 4) is 11.1 Å². The highest BCUT2D eigenvalue weighted by Crippen LogP contribution is 2.35. The van der Waals surface area contributed by atoms with Gasteiger partial charge >= 0.3 is 0 Å². The summed E-state index contributed by atoms with van der Waals surface area (Å²) in [4.78, 5) is 7.59. The standard InChI is InChI=1S/C17H17N5O2/c1-8-15(10(3)23-21-8)12-5-13-17(19-7-18-13)14(6-12)20-16-9(2)22-24-11(16)4/h5-7,20H,1-4H3,(H,18,19). The van der Waals surface area contributed by atoms with Crippen molar-refractivity contribution in [3.63, 3.8) is 0 Å². The number of aromatic nitrogens is 4. The Bertz CT molecular complexity index is 1000. The second kappa shape index (κ2) is 5.23. The Balaban J connectivity index is 1.90. The topological polar surface area (TPSA) is 92.8 Å². The van der Waals surface area contributed by atoms with Gasteiger partial charge in [0.1, 0.15) is 22.7 Å². The van der Waals surface area contributed by atoms with Gasteiger partial charge in [0.25, 0.3) is 0 Å². The molecule has 2 N–H and O–H groups in total. The van der Waals surface area contributed by atoms with Crippen LogP contribution in [0.1, 0.15) is 22.9 Å². The molecule has 0 atom stereocenters.